The first-order valence-electron chi connectivity index (χ1n) is 7.98. The molecule has 2 aromatic rings. The van der Waals surface area contributed by atoms with Gasteiger partial charge in [-0.05, 0) is 37.3 Å². The molecule has 24 heavy (non-hydrogen) atoms. The smallest absolute Gasteiger partial charge is 0.341 e. The summed E-state index contributed by atoms with van der Waals surface area (Å²) in [6, 6.07) is 7.30. The van der Waals surface area contributed by atoms with E-state index in [1.165, 1.54) is 12.0 Å². The third-order valence-corrected chi connectivity index (χ3v) is 5.73. The highest BCUT2D eigenvalue weighted by molar-refractivity contribution is 7.16. The van der Waals surface area contributed by atoms with E-state index in [2.05, 4.69) is 5.32 Å². The van der Waals surface area contributed by atoms with Gasteiger partial charge in [0.15, 0.2) is 0 Å². The van der Waals surface area contributed by atoms with E-state index in [0.717, 1.165) is 41.8 Å². The molecule has 0 unspecified atom stereocenters. The molecule has 2 heterocycles. The number of rotatable bonds is 3. The summed E-state index contributed by atoms with van der Waals surface area (Å²) < 4.78 is 10.4. The molecule has 6 heteroatoms. The molecule has 0 bridgehead atoms. The van der Waals surface area contributed by atoms with Crippen molar-refractivity contribution in [2.24, 2.45) is 0 Å². The number of fused-ring (bicyclic) bond motifs is 2. The van der Waals surface area contributed by atoms with E-state index >= 15 is 0 Å². The number of carbonyl (C=O) groups is 2. The van der Waals surface area contributed by atoms with Crippen LogP contribution >= 0.6 is 11.3 Å². The van der Waals surface area contributed by atoms with Crippen LogP contribution in [0.5, 0.6) is 0 Å². The second kappa shape index (κ2) is 5.94. The fourth-order valence-electron chi connectivity index (χ4n) is 3.36. The van der Waals surface area contributed by atoms with Gasteiger partial charge in [0.1, 0.15) is 5.00 Å². The van der Waals surface area contributed by atoms with Crippen LogP contribution in [-0.4, -0.2) is 19.0 Å². The maximum atomic E-state index is 12.3. The zero-order valence-electron chi connectivity index (χ0n) is 13.3. The van der Waals surface area contributed by atoms with Crippen LogP contribution in [0.25, 0.3) is 0 Å². The van der Waals surface area contributed by atoms with Crippen molar-refractivity contribution >= 4 is 28.3 Å². The summed E-state index contributed by atoms with van der Waals surface area (Å²) in [5, 5.41) is 3.97. The SMILES string of the molecule is COC(=O)c1c(N[C@@H]2OC(=O)c3ccccc32)sc2c1CCCC2. The van der Waals surface area contributed by atoms with Crippen LogP contribution in [0.4, 0.5) is 5.00 Å². The Morgan fingerprint density at radius 3 is 2.92 bits per heavy atom. The topological polar surface area (TPSA) is 64.6 Å². The van der Waals surface area contributed by atoms with Crippen LogP contribution in [-0.2, 0) is 22.3 Å². The van der Waals surface area contributed by atoms with Gasteiger partial charge in [-0.1, -0.05) is 18.2 Å². The molecule has 2 aliphatic rings. The molecule has 1 aromatic carbocycles. The van der Waals surface area contributed by atoms with Crippen molar-refractivity contribution in [2.75, 3.05) is 12.4 Å². The Kier molecular flexibility index (Phi) is 3.76. The summed E-state index contributed by atoms with van der Waals surface area (Å²) >= 11 is 1.57. The van der Waals surface area contributed by atoms with Crippen LogP contribution in [0, 0.1) is 0 Å². The molecule has 0 fully saturated rings. The van der Waals surface area contributed by atoms with Crippen LogP contribution in [0.3, 0.4) is 0 Å². The number of hydrogen-bond acceptors (Lipinski definition) is 6. The molecule has 0 spiro atoms. The van der Waals surface area contributed by atoms with Gasteiger partial charge in [0.05, 0.1) is 18.2 Å². The lowest BCUT2D eigenvalue weighted by atomic mass is 9.95. The molecular formula is C18H17NO4S. The molecule has 1 N–H and O–H groups in total. The zero-order chi connectivity index (χ0) is 16.7. The minimum absolute atomic E-state index is 0.338. The fraction of sp³-hybridized carbons (Fsp3) is 0.333. The lowest BCUT2D eigenvalue weighted by molar-refractivity contribution is 0.0437. The standard InChI is InChI=1S/C18H17NO4S/c1-22-18(21)14-12-8-4-5-9-13(12)24-16(14)19-15-10-6-2-3-7-11(10)17(20)23-15/h2-3,6-7,15,19H,4-5,8-9H2,1H3/t15-/m1/s1. The molecule has 4 rings (SSSR count). The normalized spacial score (nSPS) is 18.5. The number of carbonyl (C=O) groups excluding carboxylic acids is 2. The molecule has 1 atom stereocenters. The average molecular weight is 343 g/mol. The van der Waals surface area contributed by atoms with Gasteiger partial charge in [-0.15, -0.1) is 11.3 Å². The highest BCUT2D eigenvalue weighted by Crippen LogP contribution is 2.41. The fourth-order valence-corrected chi connectivity index (χ4v) is 4.65. The number of hydrogen-bond donors (Lipinski definition) is 1. The Labute approximate surface area is 143 Å². The monoisotopic (exact) mass is 343 g/mol. The number of ether oxygens (including phenoxy) is 2. The van der Waals surface area contributed by atoms with E-state index in [1.807, 2.05) is 18.2 Å². The first-order chi connectivity index (χ1) is 11.7. The molecule has 124 valence electrons. The summed E-state index contributed by atoms with van der Waals surface area (Å²) in [7, 11) is 1.39. The Balaban J connectivity index is 1.72. The van der Waals surface area contributed by atoms with Crippen molar-refractivity contribution in [3.8, 4) is 0 Å². The van der Waals surface area contributed by atoms with E-state index in [-0.39, 0.29) is 11.9 Å². The average Bonchev–Trinajstić information content (AvgIpc) is 3.13. The highest BCUT2D eigenvalue weighted by Gasteiger charge is 2.33. The summed E-state index contributed by atoms with van der Waals surface area (Å²) in [5.74, 6) is -0.682. The van der Waals surface area contributed by atoms with Gasteiger partial charge in [-0.2, -0.15) is 0 Å². The van der Waals surface area contributed by atoms with E-state index < -0.39 is 6.23 Å². The minimum Gasteiger partial charge on any atom is -0.465 e. The van der Waals surface area contributed by atoms with E-state index in [0.29, 0.717) is 11.1 Å². The Morgan fingerprint density at radius 1 is 1.29 bits per heavy atom. The third kappa shape index (κ3) is 2.38. The Morgan fingerprint density at radius 2 is 2.08 bits per heavy atom. The van der Waals surface area contributed by atoms with Crippen LogP contribution in [0.1, 0.15) is 55.8 Å². The summed E-state index contributed by atoms with van der Waals surface area (Å²) in [5.41, 5.74) is 3.04. The van der Waals surface area contributed by atoms with Crippen LogP contribution in [0.15, 0.2) is 24.3 Å². The number of anilines is 1. The third-order valence-electron chi connectivity index (χ3n) is 4.51. The van der Waals surface area contributed by atoms with Gasteiger partial charge in [0.25, 0.3) is 0 Å². The van der Waals surface area contributed by atoms with Crippen molar-refractivity contribution in [3.05, 3.63) is 51.4 Å². The number of cyclic esters (lactones) is 1. The first-order valence-corrected chi connectivity index (χ1v) is 8.80. The Bertz CT molecular complexity index is 826. The highest BCUT2D eigenvalue weighted by atomic mass is 32.1. The zero-order valence-corrected chi connectivity index (χ0v) is 14.1. The number of benzene rings is 1. The second-order valence-electron chi connectivity index (χ2n) is 5.92. The number of esters is 2. The molecule has 5 nitrogen and oxygen atoms in total. The molecule has 0 amide bonds. The number of methoxy groups -OCH3 is 1. The summed E-state index contributed by atoms with van der Waals surface area (Å²) in [4.78, 5) is 25.5. The quantitative estimate of drug-likeness (QED) is 0.861. The minimum atomic E-state index is -0.572. The molecule has 0 radical (unpaired) electrons. The van der Waals surface area contributed by atoms with Crippen LogP contribution in [0.2, 0.25) is 0 Å². The largest absolute Gasteiger partial charge is 0.465 e. The predicted molar refractivity (Wildman–Crippen MR) is 90.5 cm³/mol. The molecule has 1 aliphatic heterocycles. The van der Waals surface area contributed by atoms with Crippen molar-refractivity contribution in [1.29, 1.82) is 0 Å². The van der Waals surface area contributed by atoms with Gasteiger partial charge in [0, 0.05) is 10.4 Å². The second-order valence-corrected chi connectivity index (χ2v) is 7.03. The maximum Gasteiger partial charge on any atom is 0.341 e. The van der Waals surface area contributed by atoms with Crippen LogP contribution < -0.4 is 5.32 Å². The van der Waals surface area contributed by atoms with Crippen molar-refractivity contribution < 1.29 is 19.1 Å². The molecule has 0 saturated carbocycles. The molecule has 1 aliphatic carbocycles. The number of thiophene rings is 1. The van der Waals surface area contributed by atoms with Gasteiger partial charge in [0.2, 0.25) is 6.23 Å². The van der Waals surface area contributed by atoms with E-state index in [9.17, 15) is 9.59 Å². The molecule has 1 aromatic heterocycles. The van der Waals surface area contributed by atoms with Crippen molar-refractivity contribution in [3.63, 3.8) is 0 Å². The summed E-state index contributed by atoms with van der Waals surface area (Å²) in [6.45, 7) is 0. The maximum absolute atomic E-state index is 12.3. The van der Waals surface area contributed by atoms with Gasteiger partial charge >= 0.3 is 11.9 Å². The molecular weight excluding hydrogens is 326 g/mol. The van der Waals surface area contributed by atoms with E-state index in [1.54, 1.807) is 17.4 Å². The summed E-state index contributed by atoms with van der Waals surface area (Å²) in [6.07, 6.45) is 3.51. The van der Waals surface area contributed by atoms with Gasteiger partial charge < -0.3 is 14.8 Å². The van der Waals surface area contributed by atoms with E-state index in [4.69, 9.17) is 9.47 Å². The van der Waals surface area contributed by atoms with Gasteiger partial charge in [-0.25, -0.2) is 9.59 Å². The number of aryl methyl sites for hydroxylation is 1. The lowest BCUT2D eigenvalue weighted by Crippen LogP contribution is -2.14. The predicted octanol–water partition coefficient (Wildman–Crippen LogP) is 3.69. The molecule has 0 saturated heterocycles. The lowest BCUT2D eigenvalue weighted by Gasteiger charge is -2.15. The van der Waals surface area contributed by atoms with Gasteiger partial charge in [-0.3, -0.25) is 0 Å². The van der Waals surface area contributed by atoms with Crippen molar-refractivity contribution in [2.45, 2.75) is 31.9 Å². The Hall–Kier alpha value is -2.34. The van der Waals surface area contributed by atoms with Crippen molar-refractivity contribution in [1.82, 2.24) is 0 Å². The first kappa shape index (κ1) is 15.2. The number of nitrogens with one attached hydrogen (secondary N) is 1.